The predicted octanol–water partition coefficient (Wildman–Crippen LogP) is 1.85. The molecule has 0 bridgehead atoms. The number of nitrogens with one attached hydrogen (secondary N) is 1. The van der Waals surface area contributed by atoms with Gasteiger partial charge < -0.3 is 4.90 Å². The number of carbonyl (C=O) groups excluding carboxylic acids is 2. The van der Waals surface area contributed by atoms with E-state index in [4.69, 9.17) is 0 Å². The van der Waals surface area contributed by atoms with E-state index in [1.54, 1.807) is 11.1 Å². The maximum absolute atomic E-state index is 11.8. The van der Waals surface area contributed by atoms with Crippen LogP contribution in [0.1, 0.15) is 36.8 Å². The highest BCUT2D eigenvalue weighted by atomic mass is 16.2. The molecule has 1 heterocycles. The minimum absolute atomic E-state index is 0.0605. The average Bonchev–Trinajstić information content (AvgIpc) is 2.64. The van der Waals surface area contributed by atoms with Gasteiger partial charge in [-0.2, -0.15) is 5.10 Å². The number of benzene rings is 1. The summed E-state index contributed by atoms with van der Waals surface area (Å²) in [5.74, 6) is -0.195. The lowest BCUT2D eigenvalue weighted by molar-refractivity contribution is -0.135. The second kappa shape index (κ2) is 7.57. The van der Waals surface area contributed by atoms with Crippen LogP contribution >= 0.6 is 0 Å². The molecule has 1 fully saturated rings. The third kappa shape index (κ3) is 5.02. The van der Waals surface area contributed by atoms with Crippen LogP contribution in [0.3, 0.4) is 0 Å². The average molecular weight is 287 g/mol. The number of amides is 2. The molecule has 1 saturated heterocycles. The van der Waals surface area contributed by atoms with Gasteiger partial charge in [-0.1, -0.05) is 36.2 Å². The van der Waals surface area contributed by atoms with Gasteiger partial charge in [-0.25, -0.2) is 5.43 Å². The van der Waals surface area contributed by atoms with Gasteiger partial charge in [-0.15, -0.1) is 0 Å². The number of aryl methyl sites for hydroxylation is 1. The van der Waals surface area contributed by atoms with Gasteiger partial charge in [0.25, 0.3) is 5.91 Å². The molecule has 112 valence electrons. The van der Waals surface area contributed by atoms with Crippen molar-refractivity contribution < 1.29 is 9.59 Å². The molecule has 1 aromatic carbocycles. The van der Waals surface area contributed by atoms with Crippen LogP contribution in [0, 0.1) is 6.92 Å². The molecule has 2 amide bonds. The highest BCUT2D eigenvalue weighted by Gasteiger charge is 2.18. The summed E-state index contributed by atoms with van der Waals surface area (Å²) >= 11 is 0. The summed E-state index contributed by atoms with van der Waals surface area (Å²) in [6.07, 6.45) is 5.08. The largest absolute Gasteiger partial charge is 0.333 e. The molecule has 1 aromatic rings. The molecule has 5 nitrogen and oxygen atoms in total. The molecule has 0 saturated carbocycles. The smallest absolute Gasteiger partial charge is 0.259 e. The number of rotatable bonds is 4. The van der Waals surface area contributed by atoms with Crippen molar-refractivity contribution in [3.8, 4) is 0 Å². The highest BCUT2D eigenvalue weighted by Crippen LogP contribution is 2.10. The Morgan fingerprint density at radius 3 is 3.05 bits per heavy atom. The van der Waals surface area contributed by atoms with Crippen LogP contribution in [0.15, 0.2) is 29.4 Å². The highest BCUT2D eigenvalue weighted by molar-refractivity contribution is 5.86. The van der Waals surface area contributed by atoms with Crippen molar-refractivity contribution >= 4 is 18.0 Å². The van der Waals surface area contributed by atoms with Crippen molar-refractivity contribution in [2.45, 2.75) is 32.6 Å². The van der Waals surface area contributed by atoms with Gasteiger partial charge in [0.2, 0.25) is 5.91 Å². The summed E-state index contributed by atoms with van der Waals surface area (Å²) in [4.78, 5) is 25.2. The lowest BCUT2D eigenvalue weighted by Gasteiger charge is -2.18. The number of hydrogen-bond acceptors (Lipinski definition) is 3. The summed E-state index contributed by atoms with van der Waals surface area (Å²) in [5, 5.41) is 3.93. The van der Waals surface area contributed by atoms with Crippen LogP contribution in [-0.2, 0) is 9.59 Å². The van der Waals surface area contributed by atoms with Gasteiger partial charge in [0.05, 0.1) is 6.21 Å². The van der Waals surface area contributed by atoms with E-state index in [0.717, 1.165) is 30.4 Å². The van der Waals surface area contributed by atoms with Crippen molar-refractivity contribution in [1.82, 2.24) is 10.3 Å². The molecule has 21 heavy (non-hydrogen) atoms. The van der Waals surface area contributed by atoms with Crippen LogP contribution in [0.4, 0.5) is 0 Å². The third-order valence-corrected chi connectivity index (χ3v) is 3.45. The predicted molar refractivity (Wildman–Crippen MR) is 82.0 cm³/mol. The normalized spacial score (nSPS) is 16.0. The van der Waals surface area contributed by atoms with Gasteiger partial charge >= 0.3 is 0 Å². The van der Waals surface area contributed by atoms with E-state index < -0.39 is 0 Å². The second-order valence-electron chi connectivity index (χ2n) is 5.33. The Labute approximate surface area is 125 Å². The van der Waals surface area contributed by atoms with Gasteiger partial charge in [0, 0.05) is 13.0 Å². The van der Waals surface area contributed by atoms with E-state index in [1.165, 1.54) is 0 Å². The molecule has 0 aliphatic carbocycles. The Balaban J connectivity index is 1.82. The van der Waals surface area contributed by atoms with Crippen LogP contribution in [-0.4, -0.2) is 36.0 Å². The number of hydrogen-bond donors (Lipinski definition) is 1. The Morgan fingerprint density at radius 1 is 1.38 bits per heavy atom. The van der Waals surface area contributed by atoms with Crippen LogP contribution in [0.5, 0.6) is 0 Å². The molecule has 0 radical (unpaired) electrons. The van der Waals surface area contributed by atoms with Crippen LogP contribution in [0.2, 0.25) is 0 Å². The molecular weight excluding hydrogens is 266 g/mol. The van der Waals surface area contributed by atoms with Crippen LogP contribution in [0.25, 0.3) is 0 Å². The minimum Gasteiger partial charge on any atom is -0.333 e. The molecular formula is C16H21N3O2. The fourth-order valence-corrected chi connectivity index (χ4v) is 2.34. The Hall–Kier alpha value is -2.17. The lowest BCUT2D eigenvalue weighted by atomic mass is 10.2. The molecule has 1 N–H and O–H groups in total. The van der Waals surface area contributed by atoms with Crippen molar-refractivity contribution in [3.05, 3.63) is 35.4 Å². The summed E-state index contributed by atoms with van der Waals surface area (Å²) in [6.45, 7) is 2.75. The Bertz CT molecular complexity index is 540. The van der Waals surface area contributed by atoms with Crippen molar-refractivity contribution in [2.75, 3.05) is 13.1 Å². The Kier molecular flexibility index (Phi) is 5.49. The van der Waals surface area contributed by atoms with E-state index in [1.807, 2.05) is 31.2 Å². The summed E-state index contributed by atoms with van der Waals surface area (Å²) in [5.41, 5.74) is 4.55. The van der Waals surface area contributed by atoms with E-state index >= 15 is 0 Å². The molecule has 0 atom stereocenters. The number of carbonyl (C=O) groups is 2. The fourth-order valence-electron chi connectivity index (χ4n) is 2.34. The van der Waals surface area contributed by atoms with Crippen molar-refractivity contribution in [3.63, 3.8) is 0 Å². The lowest BCUT2D eigenvalue weighted by Crippen LogP contribution is -2.39. The molecule has 0 aromatic heterocycles. The monoisotopic (exact) mass is 287 g/mol. The van der Waals surface area contributed by atoms with Crippen molar-refractivity contribution in [1.29, 1.82) is 0 Å². The van der Waals surface area contributed by atoms with Gasteiger partial charge in [0.15, 0.2) is 0 Å². The third-order valence-electron chi connectivity index (χ3n) is 3.45. The SMILES string of the molecule is Cc1cccc(/C=N\NC(=O)CN2CCCCCC2=O)c1. The quantitative estimate of drug-likeness (QED) is 0.678. The number of nitrogens with zero attached hydrogens (tertiary/aromatic N) is 2. The van der Waals surface area contributed by atoms with Crippen LogP contribution < -0.4 is 5.43 Å². The number of hydrazone groups is 1. The standard InChI is InChI=1S/C16H21N3O2/c1-13-6-5-7-14(10-13)11-17-18-15(20)12-19-9-4-2-3-8-16(19)21/h5-7,10-11H,2-4,8-9,12H2,1H3,(H,18,20)/b17-11-. The maximum Gasteiger partial charge on any atom is 0.259 e. The summed E-state index contributed by atoms with van der Waals surface area (Å²) in [6, 6.07) is 7.84. The first kappa shape index (κ1) is 15.2. The zero-order valence-corrected chi connectivity index (χ0v) is 12.3. The second-order valence-corrected chi connectivity index (χ2v) is 5.33. The maximum atomic E-state index is 11.8. The molecule has 1 aliphatic heterocycles. The first-order valence-corrected chi connectivity index (χ1v) is 7.31. The van der Waals surface area contributed by atoms with E-state index in [2.05, 4.69) is 10.5 Å². The Morgan fingerprint density at radius 2 is 2.24 bits per heavy atom. The van der Waals surface area contributed by atoms with E-state index in [9.17, 15) is 9.59 Å². The topological polar surface area (TPSA) is 61.8 Å². The first-order chi connectivity index (χ1) is 10.1. The van der Waals surface area contributed by atoms with Gasteiger partial charge in [-0.05, 0) is 25.3 Å². The zero-order valence-electron chi connectivity index (χ0n) is 12.3. The molecule has 0 spiro atoms. The molecule has 1 aliphatic rings. The fraction of sp³-hybridized carbons (Fsp3) is 0.438. The zero-order chi connectivity index (χ0) is 15.1. The number of likely N-dealkylation sites (tertiary alicyclic amines) is 1. The summed E-state index contributed by atoms with van der Waals surface area (Å²) < 4.78 is 0. The van der Waals surface area contributed by atoms with Gasteiger partial charge in [-0.3, -0.25) is 9.59 Å². The molecule has 0 unspecified atom stereocenters. The first-order valence-electron chi connectivity index (χ1n) is 7.31. The van der Waals surface area contributed by atoms with E-state index in [0.29, 0.717) is 13.0 Å². The summed E-state index contributed by atoms with van der Waals surface area (Å²) in [7, 11) is 0. The molecule has 2 rings (SSSR count). The minimum atomic E-state index is -0.255. The molecule has 5 heteroatoms. The van der Waals surface area contributed by atoms with E-state index in [-0.39, 0.29) is 18.4 Å². The van der Waals surface area contributed by atoms with Gasteiger partial charge in [0.1, 0.15) is 6.54 Å². The van der Waals surface area contributed by atoms with Crippen molar-refractivity contribution in [2.24, 2.45) is 5.10 Å².